The summed E-state index contributed by atoms with van der Waals surface area (Å²) in [6, 6.07) is 0. The van der Waals surface area contributed by atoms with Gasteiger partial charge in [-0.15, -0.1) is 0 Å². The van der Waals surface area contributed by atoms with E-state index in [1.807, 2.05) is 0 Å². The number of guanidine groups is 2. The van der Waals surface area contributed by atoms with Gasteiger partial charge in [-0.3, -0.25) is 15.0 Å². The number of aldehydes is 1. The van der Waals surface area contributed by atoms with Gasteiger partial charge >= 0.3 is 29.6 Å². The maximum absolute atomic E-state index is 12.1. The summed E-state index contributed by atoms with van der Waals surface area (Å²) in [5, 5.41) is 6.06. The normalized spacial score (nSPS) is 14.5. The molecule has 1 atom stereocenters. The standard InChI is InChI=1S/C5H6FO3.C4H4FN3O.CH5N3.Na/c1-2-9-5(8)4(6)3-7;5-2-1-7-4(6)8-3(2)9;2-1(3)4;/h3H,2H2,1H3;1-2H,(H2,6,8,9);(H5,2,3,4);/q-1;;;+1. The van der Waals surface area contributed by atoms with Crippen molar-refractivity contribution in [3.05, 3.63) is 6.17 Å². The van der Waals surface area contributed by atoms with E-state index in [9.17, 15) is 23.2 Å². The van der Waals surface area contributed by atoms with Gasteiger partial charge in [0.15, 0.2) is 5.96 Å². The van der Waals surface area contributed by atoms with Gasteiger partial charge in [0.05, 0.1) is 12.8 Å². The molecular weight excluding hydrogens is 329 g/mol. The predicted molar refractivity (Wildman–Crippen MR) is 73.2 cm³/mol. The maximum atomic E-state index is 12.1. The van der Waals surface area contributed by atoms with E-state index < -0.39 is 24.2 Å². The average molecular weight is 344 g/mol. The van der Waals surface area contributed by atoms with Gasteiger partial charge < -0.3 is 31.1 Å². The van der Waals surface area contributed by atoms with Crippen molar-refractivity contribution in [1.82, 2.24) is 0 Å². The van der Waals surface area contributed by atoms with Crippen LogP contribution in [-0.2, 0) is 19.1 Å². The van der Waals surface area contributed by atoms with Crippen LogP contribution in [0.4, 0.5) is 8.78 Å². The first kappa shape index (κ1) is 25.9. The summed E-state index contributed by atoms with van der Waals surface area (Å²) in [5.74, 6) is -2.61. The quantitative estimate of drug-likeness (QED) is 0.0753. The summed E-state index contributed by atoms with van der Waals surface area (Å²) in [5.41, 5.74) is 13.9. The van der Waals surface area contributed by atoms with Gasteiger partial charge in [-0.1, -0.05) is 6.17 Å². The molecule has 0 radical (unpaired) electrons. The van der Waals surface area contributed by atoms with Crippen molar-refractivity contribution in [2.45, 2.75) is 13.1 Å². The molecule has 1 aliphatic rings. The Hall–Kier alpha value is -2.05. The number of hydrogen-bond acceptors (Lipinski definition) is 7. The third-order valence-electron chi connectivity index (χ3n) is 1.37. The van der Waals surface area contributed by atoms with Crippen molar-refractivity contribution < 1.29 is 57.5 Å². The number of ether oxygens (including phenoxy) is 1. The zero-order valence-electron chi connectivity index (χ0n) is 12.5. The van der Waals surface area contributed by atoms with Crippen LogP contribution in [0.15, 0.2) is 9.98 Å². The molecule has 0 aromatic heterocycles. The van der Waals surface area contributed by atoms with Crippen LogP contribution in [-0.4, -0.2) is 49.1 Å². The molecule has 124 valence electrons. The SMILES string of the molecule is CCOC(=O)[C-](F)C=O.N=C(N)N.NC1=NC(=O)C(F)C=N1.[Na+]. The molecule has 0 saturated carbocycles. The molecule has 1 amide bonds. The van der Waals surface area contributed by atoms with Gasteiger partial charge in [-0.05, 0) is 6.92 Å². The molecule has 1 heterocycles. The summed E-state index contributed by atoms with van der Waals surface area (Å²) < 4.78 is 28.0. The minimum Gasteiger partial charge on any atom is -0.486 e. The molecule has 1 aliphatic heterocycles. The van der Waals surface area contributed by atoms with Crippen LogP contribution < -0.4 is 46.8 Å². The van der Waals surface area contributed by atoms with Gasteiger partial charge in [-0.2, -0.15) is 4.99 Å². The van der Waals surface area contributed by atoms with E-state index in [0.717, 1.165) is 6.21 Å². The van der Waals surface area contributed by atoms with Crippen LogP contribution >= 0.6 is 0 Å². The molecule has 23 heavy (non-hydrogen) atoms. The average Bonchev–Trinajstić information content (AvgIpc) is 2.42. The Bertz CT molecular complexity index is 470. The number of carbonyl (C=O) groups excluding carboxylic acids is 3. The first-order chi connectivity index (χ1) is 10.1. The van der Waals surface area contributed by atoms with Gasteiger partial charge in [0.1, 0.15) is 0 Å². The first-order valence-corrected chi connectivity index (χ1v) is 5.46. The molecule has 0 bridgehead atoms. The Labute approximate surface area is 152 Å². The van der Waals surface area contributed by atoms with Crippen molar-refractivity contribution in [3.8, 4) is 0 Å². The van der Waals surface area contributed by atoms with Crippen molar-refractivity contribution in [2.75, 3.05) is 6.61 Å². The second-order valence-electron chi connectivity index (χ2n) is 3.13. The third kappa shape index (κ3) is 16.2. The molecular formula is C10H15F2N6NaO4. The van der Waals surface area contributed by atoms with Crippen molar-refractivity contribution in [1.29, 1.82) is 5.41 Å². The Morgan fingerprint density at radius 2 is 2.04 bits per heavy atom. The molecule has 0 aliphatic carbocycles. The molecule has 1 rings (SSSR count). The molecule has 1 unspecified atom stereocenters. The number of hydrogen-bond donors (Lipinski definition) is 4. The number of rotatable bonds is 3. The summed E-state index contributed by atoms with van der Waals surface area (Å²) in [6.45, 7) is 1.59. The second-order valence-corrected chi connectivity index (χ2v) is 3.13. The Balaban J connectivity index is -0.000000274. The molecule has 0 fully saturated rings. The molecule has 0 saturated heterocycles. The van der Waals surface area contributed by atoms with Crippen molar-refractivity contribution >= 4 is 36.3 Å². The van der Waals surface area contributed by atoms with E-state index in [2.05, 4.69) is 26.2 Å². The minimum absolute atomic E-state index is 0. The van der Waals surface area contributed by atoms with E-state index in [0.29, 0.717) is 0 Å². The fraction of sp³-hybridized carbons (Fsp3) is 0.300. The largest absolute Gasteiger partial charge is 1.00 e. The smallest absolute Gasteiger partial charge is 0.486 e. The molecule has 0 spiro atoms. The van der Waals surface area contributed by atoms with Gasteiger partial charge in [0, 0.05) is 6.29 Å². The Kier molecular flexibility index (Phi) is 16.7. The fourth-order valence-corrected chi connectivity index (χ4v) is 0.657. The number of aliphatic imine (C=N–C) groups is 2. The third-order valence-corrected chi connectivity index (χ3v) is 1.37. The maximum Gasteiger partial charge on any atom is 1.00 e. The van der Waals surface area contributed by atoms with Crippen LogP contribution in [0.2, 0.25) is 0 Å². The van der Waals surface area contributed by atoms with Crippen molar-refractivity contribution in [3.63, 3.8) is 0 Å². The molecule has 10 nitrogen and oxygen atoms in total. The van der Waals surface area contributed by atoms with Crippen molar-refractivity contribution in [2.24, 2.45) is 27.2 Å². The van der Waals surface area contributed by atoms with Gasteiger partial charge in [-0.25, -0.2) is 9.38 Å². The van der Waals surface area contributed by atoms with Crippen LogP contribution in [0.5, 0.6) is 0 Å². The monoisotopic (exact) mass is 344 g/mol. The zero-order chi connectivity index (χ0) is 17.7. The number of carbonyl (C=O) groups is 3. The van der Waals surface area contributed by atoms with Gasteiger partial charge in [0.25, 0.3) is 5.91 Å². The topological polar surface area (TPSA) is 187 Å². The van der Waals surface area contributed by atoms with Crippen LogP contribution in [0.3, 0.4) is 0 Å². The Morgan fingerprint density at radius 1 is 1.57 bits per heavy atom. The predicted octanol–water partition coefficient (Wildman–Crippen LogP) is -4.66. The molecule has 13 heteroatoms. The van der Waals surface area contributed by atoms with Gasteiger partial charge in [0.2, 0.25) is 18.1 Å². The van der Waals surface area contributed by atoms with Crippen LogP contribution in [0, 0.1) is 11.6 Å². The van der Waals surface area contributed by atoms with Crippen LogP contribution in [0.1, 0.15) is 6.92 Å². The second kappa shape index (κ2) is 14.9. The summed E-state index contributed by atoms with van der Waals surface area (Å²) in [4.78, 5) is 36.2. The number of halogens is 2. The van der Waals surface area contributed by atoms with Crippen LogP contribution in [0.25, 0.3) is 0 Å². The number of alkyl halides is 1. The van der Waals surface area contributed by atoms with E-state index in [1.165, 1.54) is 6.92 Å². The zero-order valence-corrected chi connectivity index (χ0v) is 14.5. The fourth-order valence-electron chi connectivity index (χ4n) is 0.657. The molecule has 7 N–H and O–H groups in total. The summed E-state index contributed by atoms with van der Waals surface area (Å²) in [7, 11) is 0. The van der Waals surface area contributed by atoms with E-state index >= 15 is 0 Å². The summed E-state index contributed by atoms with van der Waals surface area (Å²) in [6.07, 6.45) is -2.46. The van der Waals surface area contributed by atoms with E-state index in [4.69, 9.17) is 11.1 Å². The molecule has 0 aromatic carbocycles. The van der Waals surface area contributed by atoms with E-state index in [-0.39, 0.29) is 54.4 Å². The minimum atomic E-state index is -1.71. The molecule has 0 aromatic rings. The number of nitrogens with two attached hydrogens (primary N) is 3. The Morgan fingerprint density at radius 3 is 2.35 bits per heavy atom. The summed E-state index contributed by atoms with van der Waals surface area (Å²) >= 11 is 0. The first-order valence-electron chi connectivity index (χ1n) is 5.46. The number of nitrogens with zero attached hydrogens (tertiary/aromatic N) is 2. The number of nitrogens with one attached hydrogen (secondary N) is 1. The number of esters is 1. The number of amides is 1. The van der Waals surface area contributed by atoms with E-state index in [1.54, 1.807) is 0 Å².